The lowest BCUT2D eigenvalue weighted by atomic mass is 10.1. The molecule has 0 atom stereocenters. The maximum Gasteiger partial charge on any atom is 0.344 e. The predicted octanol–water partition coefficient (Wildman–Crippen LogP) is 4.45. The molecular weight excluding hydrogens is 406 g/mol. The molecule has 1 aromatic rings. The summed E-state index contributed by atoms with van der Waals surface area (Å²) in [5.41, 5.74) is 0.607. The molecule has 0 fully saturated rings. The molecular formula is C22H25NO6S. The fourth-order valence-corrected chi connectivity index (χ4v) is 3.52. The zero-order chi connectivity index (χ0) is 22.1. The molecule has 30 heavy (non-hydrogen) atoms. The minimum Gasteiger partial charge on any atom is -0.506 e. The predicted molar refractivity (Wildman–Crippen MR) is 118 cm³/mol. The monoisotopic (exact) mass is 431 g/mol. The number of benzene rings is 1. The van der Waals surface area contributed by atoms with Crippen molar-refractivity contribution in [2.24, 2.45) is 4.99 Å². The van der Waals surface area contributed by atoms with Gasteiger partial charge in [-0.2, -0.15) is 0 Å². The van der Waals surface area contributed by atoms with Crippen molar-refractivity contribution in [2.45, 2.75) is 27.2 Å². The van der Waals surface area contributed by atoms with Crippen LogP contribution in [0.15, 0.2) is 52.1 Å². The van der Waals surface area contributed by atoms with Crippen molar-refractivity contribution < 1.29 is 28.9 Å². The first kappa shape index (κ1) is 23.3. The third kappa shape index (κ3) is 5.76. The van der Waals surface area contributed by atoms with Gasteiger partial charge in [-0.3, -0.25) is 4.79 Å². The van der Waals surface area contributed by atoms with Crippen LogP contribution in [0.1, 0.15) is 32.8 Å². The Labute approximate surface area is 180 Å². The molecule has 0 radical (unpaired) electrons. The molecule has 1 aliphatic heterocycles. The van der Waals surface area contributed by atoms with Gasteiger partial charge in [-0.1, -0.05) is 37.4 Å². The molecule has 1 aliphatic rings. The lowest BCUT2D eigenvalue weighted by Gasteiger charge is -2.11. The first-order valence-electron chi connectivity index (χ1n) is 9.57. The van der Waals surface area contributed by atoms with Crippen LogP contribution >= 0.6 is 11.8 Å². The minimum atomic E-state index is -0.725. The summed E-state index contributed by atoms with van der Waals surface area (Å²) in [5.74, 6) is -0.278. The van der Waals surface area contributed by atoms with Crippen molar-refractivity contribution in [1.29, 1.82) is 0 Å². The number of hydrogen-bond acceptors (Lipinski definition) is 7. The molecule has 0 aliphatic carbocycles. The van der Waals surface area contributed by atoms with Crippen LogP contribution in [-0.4, -0.2) is 41.8 Å². The highest BCUT2D eigenvalue weighted by Gasteiger charge is 2.33. The maximum atomic E-state index is 12.3. The molecule has 0 saturated heterocycles. The Morgan fingerprint density at radius 1 is 1.17 bits per heavy atom. The van der Waals surface area contributed by atoms with Crippen molar-refractivity contribution in [1.82, 2.24) is 0 Å². The fourth-order valence-electron chi connectivity index (χ4n) is 2.49. The molecule has 1 N–H and O–H groups in total. The van der Waals surface area contributed by atoms with E-state index in [-0.39, 0.29) is 29.4 Å². The van der Waals surface area contributed by atoms with E-state index in [0.717, 1.165) is 11.8 Å². The summed E-state index contributed by atoms with van der Waals surface area (Å²) in [6.45, 7) is 9.75. The highest BCUT2D eigenvalue weighted by atomic mass is 32.2. The normalized spacial score (nSPS) is 16.1. The second-order valence-corrected chi connectivity index (χ2v) is 6.99. The van der Waals surface area contributed by atoms with E-state index in [4.69, 9.17) is 14.2 Å². The number of carbonyl (C=O) groups is 2. The van der Waals surface area contributed by atoms with Gasteiger partial charge in [0.25, 0.3) is 0 Å². The number of nitrogens with zero attached hydrogens (tertiary/aromatic N) is 1. The van der Waals surface area contributed by atoms with Gasteiger partial charge < -0.3 is 19.3 Å². The van der Waals surface area contributed by atoms with Gasteiger partial charge in [0, 0.05) is 6.42 Å². The van der Waals surface area contributed by atoms with Crippen molar-refractivity contribution in [3.63, 3.8) is 0 Å². The van der Waals surface area contributed by atoms with Gasteiger partial charge in [0.05, 0.1) is 18.1 Å². The van der Waals surface area contributed by atoms with Gasteiger partial charge >= 0.3 is 5.97 Å². The first-order chi connectivity index (χ1) is 14.4. The summed E-state index contributed by atoms with van der Waals surface area (Å²) in [6, 6.07) is 5.31. The quantitative estimate of drug-likeness (QED) is 0.456. The van der Waals surface area contributed by atoms with Crippen LogP contribution in [0, 0.1) is 0 Å². The summed E-state index contributed by atoms with van der Waals surface area (Å²) >= 11 is 1.04. The highest BCUT2D eigenvalue weighted by Crippen LogP contribution is 2.40. The van der Waals surface area contributed by atoms with Gasteiger partial charge in [-0.15, -0.1) is 0 Å². The standard InChI is InChI=1S/C22H25NO6S/c1-5-11-29-15-10-9-14(12-16(15)27-7-3)13-17-20(25)19(22(26)28-8-4)21(30-17)23-18(24)6-2/h5,9-10,12-13,25H,1,6-8,11H2,2-4H3/b17-13-,23-21?. The number of aliphatic hydroxyl groups excluding tert-OH is 1. The Balaban J connectivity index is 2.45. The van der Waals surface area contributed by atoms with Crippen LogP contribution in [0.3, 0.4) is 0 Å². The summed E-state index contributed by atoms with van der Waals surface area (Å²) in [4.78, 5) is 28.4. The lowest BCUT2D eigenvalue weighted by molar-refractivity contribution is -0.138. The van der Waals surface area contributed by atoms with Crippen molar-refractivity contribution >= 4 is 34.8 Å². The molecule has 7 nitrogen and oxygen atoms in total. The molecule has 0 aromatic heterocycles. The number of aliphatic imine (C=N–C) groups is 1. The van der Waals surface area contributed by atoms with Crippen LogP contribution in [0.4, 0.5) is 0 Å². The molecule has 2 rings (SSSR count). The van der Waals surface area contributed by atoms with Gasteiger partial charge in [0.1, 0.15) is 23.0 Å². The Kier molecular flexibility index (Phi) is 8.73. The summed E-state index contributed by atoms with van der Waals surface area (Å²) in [6.07, 6.45) is 3.50. The zero-order valence-corrected chi connectivity index (χ0v) is 18.1. The van der Waals surface area contributed by atoms with E-state index >= 15 is 0 Å². The number of carbonyl (C=O) groups excluding carboxylic acids is 2. The number of esters is 1. The molecule has 1 amide bonds. The van der Waals surface area contributed by atoms with Crippen molar-refractivity contribution in [3.05, 3.63) is 52.7 Å². The largest absolute Gasteiger partial charge is 0.506 e. The number of thioether (sulfide) groups is 1. The molecule has 0 bridgehead atoms. The summed E-state index contributed by atoms with van der Waals surface area (Å²) in [5, 5.41) is 10.8. The van der Waals surface area contributed by atoms with Crippen LogP contribution < -0.4 is 9.47 Å². The summed E-state index contributed by atoms with van der Waals surface area (Å²) in [7, 11) is 0. The Morgan fingerprint density at radius 3 is 2.57 bits per heavy atom. The first-order valence-corrected chi connectivity index (χ1v) is 10.4. The molecule has 1 heterocycles. The van der Waals surface area contributed by atoms with Gasteiger partial charge in [0.15, 0.2) is 11.5 Å². The number of rotatable bonds is 9. The highest BCUT2D eigenvalue weighted by molar-refractivity contribution is 8.18. The smallest absolute Gasteiger partial charge is 0.344 e. The second-order valence-electron chi connectivity index (χ2n) is 5.96. The minimum absolute atomic E-state index is 0.106. The van der Waals surface area contributed by atoms with Gasteiger partial charge in [0.2, 0.25) is 5.91 Å². The zero-order valence-electron chi connectivity index (χ0n) is 17.3. The van der Waals surface area contributed by atoms with E-state index in [1.807, 2.05) is 6.92 Å². The molecule has 1 aromatic carbocycles. The third-order valence-corrected chi connectivity index (χ3v) is 4.84. The fraction of sp³-hybridized carbons (Fsp3) is 0.318. The lowest BCUT2D eigenvalue weighted by Crippen LogP contribution is -2.14. The number of aliphatic hydroxyl groups is 1. The molecule has 8 heteroatoms. The Morgan fingerprint density at radius 2 is 1.93 bits per heavy atom. The Hall–Kier alpha value is -3.00. The average Bonchev–Trinajstić information content (AvgIpc) is 3.02. The molecule has 160 valence electrons. The Bertz CT molecular complexity index is 916. The van der Waals surface area contributed by atoms with E-state index in [2.05, 4.69) is 11.6 Å². The van der Waals surface area contributed by atoms with Crippen LogP contribution in [0.2, 0.25) is 0 Å². The molecule has 0 spiro atoms. The third-order valence-electron chi connectivity index (χ3n) is 3.82. The van der Waals surface area contributed by atoms with Crippen LogP contribution in [0.25, 0.3) is 6.08 Å². The van der Waals surface area contributed by atoms with Crippen molar-refractivity contribution in [3.8, 4) is 11.5 Å². The SMILES string of the molecule is C=CCOc1ccc(/C=C2\SC(=NC(=O)CC)C(C(=O)OCC)=C2O)cc1OCC. The van der Waals surface area contributed by atoms with Gasteiger partial charge in [-0.25, -0.2) is 9.79 Å². The topological polar surface area (TPSA) is 94.4 Å². The number of amides is 1. The number of ether oxygens (including phenoxy) is 3. The van der Waals surface area contributed by atoms with E-state index in [9.17, 15) is 14.7 Å². The second kappa shape index (κ2) is 11.3. The van der Waals surface area contributed by atoms with Crippen molar-refractivity contribution in [2.75, 3.05) is 19.8 Å². The van der Waals surface area contributed by atoms with Gasteiger partial charge in [-0.05, 0) is 37.6 Å². The molecule has 0 saturated carbocycles. The van der Waals surface area contributed by atoms with E-state index < -0.39 is 11.9 Å². The molecule has 0 unspecified atom stereocenters. The van der Waals surface area contributed by atoms with Crippen LogP contribution in [0.5, 0.6) is 11.5 Å². The van der Waals surface area contributed by atoms with E-state index in [1.165, 1.54) is 0 Å². The van der Waals surface area contributed by atoms with Crippen LogP contribution in [-0.2, 0) is 14.3 Å². The average molecular weight is 432 g/mol. The summed E-state index contributed by atoms with van der Waals surface area (Å²) < 4.78 is 16.2. The van der Waals surface area contributed by atoms with E-state index in [1.54, 1.807) is 44.2 Å². The van der Waals surface area contributed by atoms with E-state index in [0.29, 0.717) is 35.2 Å². The maximum absolute atomic E-state index is 12.3. The number of hydrogen-bond donors (Lipinski definition) is 1.